The highest BCUT2D eigenvalue weighted by Gasteiger charge is 2.16. The summed E-state index contributed by atoms with van der Waals surface area (Å²) in [4.78, 5) is 0. The van der Waals surface area contributed by atoms with Gasteiger partial charge in [0.1, 0.15) is 0 Å². The van der Waals surface area contributed by atoms with Gasteiger partial charge in [-0.1, -0.05) is 25.1 Å². The van der Waals surface area contributed by atoms with Gasteiger partial charge in [-0.3, -0.25) is 5.43 Å². The first-order chi connectivity index (χ1) is 5.79. The van der Waals surface area contributed by atoms with E-state index in [9.17, 15) is 0 Å². The summed E-state index contributed by atoms with van der Waals surface area (Å²) in [6.07, 6.45) is 0. The van der Waals surface area contributed by atoms with E-state index in [2.05, 4.69) is 35.7 Å². The number of hydrogen-bond donors (Lipinski definition) is 1. The second-order valence-electron chi connectivity index (χ2n) is 3.17. The molecule has 0 amide bonds. The molecule has 0 aliphatic carbocycles. The van der Waals surface area contributed by atoms with Crippen molar-refractivity contribution < 1.29 is 0 Å². The lowest BCUT2D eigenvalue weighted by Gasteiger charge is -2.20. The van der Waals surface area contributed by atoms with Gasteiger partial charge >= 0.3 is 0 Å². The Bertz CT molecular complexity index is 328. The minimum Gasteiger partial charge on any atom is -0.278 e. The Morgan fingerprint density at radius 2 is 2.08 bits per heavy atom. The fraction of sp³-hybridized carbons (Fsp3) is 0.300. The maximum absolute atomic E-state index is 4.22. The first-order valence-electron chi connectivity index (χ1n) is 4.18. The van der Waals surface area contributed by atoms with Crippen molar-refractivity contribution in [2.45, 2.75) is 19.8 Å². The predicted octanol–water partition coefficient (Wildman–Crippen LogP) is 2.59. The Morgan fingerprint density at radius 3 is 2.92 bits per heavy atom. The van der Waals surface area contributed by atoms with Crippen LogP contribution in [0.4, 0.5) is 5.69 Å². The van der Waals surface area contributed by atoms with Crippen LogP contribution in [0.3, 0.4) is 0 Å². The first kappa shape index (κ1) is 7.35. The molecule has 1 atom stereocenters. The van der Waals surface area contributed by atoms with Crippen molar-refractivity contribution in [1.29, 1.82) is 0 Å². The molecule has 62 valence electrons. The van der Waals surface area contributed by atoms with Gasteiger partial charge in [-0.05, 0) is 18.6 Å². The van der Waals surface area contributed by atoms with Crippen LogP contribution in [0.5, 0.6) is 0 Å². The third kappa shape index (κ3) is 0.998. The minimum absolute atomic E-state index is 0.447. The van der Waals surface area contributed by atoms with E-state index in [1.54, 1.807) is 0 Å². The van der Waals surface area contributed by atoms with Crippen molar-refractivity contribution in [2.24, 2.45) is 5.10 Å². The number of hydrazone groups is 1. The van der Waals surface area contributed by atoms with Crippen LogP contribution in [0.2, 0.25) is 0 Å². The Labute approximate surface area is 72.3 Å². The summed E-state index contributed by atoms with van der Waals surface area (Å²) in [6, 6.07) is 8.29. The van der Waals surface area contributed by atoms with E-state index < -0.39 is 0 Å². The van der Waals surface area contributed by atoms with Gasteiger partial charge in [0, 0.05) is 11.6 Å². The summed E-state index contributed by atoms with van der Waals surface area (Å²) in [5, 5.41) is 4.22. The van der Waals surface area contributed by atoms with Gasteiger partial charge in [-0.15, -0.1) is 0 Å². The molecule has 0 radical (unpaired) electrons. The Balaban J connectivity index is 2.49. The standard InChI is InChI=1S/C10H12N2/c1-7-8(2)11-12-10-6-4-3-5-9(7)10/h3-7,12H,1-2H3. The quantitative estimate of drug-likeness (QED) is 0.619. The molecule has 1 aromatic carbocycles. The van der Waals surface area contributed by atoms with E-state index >= 15 is 0 Å². The van der Waals surface area contributed by atoms with E-state index in [1.807, 2.05) is 13.0 Å². The minimum atomic E-state index is 0.447. The largest absolute Gasteiger partial charge is 0.278 e. The molecule has 1 unspecified atom stereocenters. The number of rotatable bonds is 0. The zero-order valence-corrected chi connectivity index (χ0v) is 7.33. The van der Waals surface area contributed by atoms with E-state index in [1.165, 1.54) is 5.56 Å². The number of benzene rings is 1. The van der Waals surface area contributed by atoms with Gasteiger partial charge in [0.25, 0.3) is 0 Å². The normalized spacial score (nSPS) is 20.8. The van der Waals surface area contributed by atoms with Crippen LogP contribution in [0.25, 0.3) is 0 Å². The molecule has 1 aliphatic heterocycles. The number of nitrogens with zero attached hydrogens (tertiary/aromatic N) is 1. The Hall–Kier alpha value is -1.31. The average molecular weight is 160 g/mol. The Morgan fingerprint density at radius 1 is 1.33 bits per heavy atom. The number of nitrogens with one attached hydrogen (secondary N) is 1. The van der Waals surface area contributed by atoms with Crippen LogP contribution in [0.1, 0.15) is 25.3 Å². The van der Waals surface area contributed by atoms with Gasteiger partial charge in [0.2, 0.25) is 0 Å². The van der Waals surface area contributed by atoms with Crippen molar-refractivity contribution in [2.75, 3.05) is 5.43 Å². The lowest BCUT2D eigenvalue weighted by Crippen LogP contribution is -2.14. The molecule has 0 bridgehead atoms. The monoisotopic (exact) mass is 160 g/mol. The highest BCUT2D eigenvalue weighted by molar-refractivity contribution is 5.92. The van der Waals surface area contributed by atoms with Crippen molar-refractivity contribution in [3.05, 3.63) is 29.8 Å². The molecule has 0 spiro atoms. The van der Waals surface area contributed by atoms with E-state index in [-0.39, 0.29) is 0 Å². The maximum atomic E-state index is 4.22. The Kier molecular flexibility index (Phi) is 1.61. The van der Waals surface area contributed by atoms with E-state index in [0.29, 0.717) is 5.92 Å². The molecule has 0 saturated carbocycles. The number of hydrogen-bond acceptors (Lipinski definition) is 2. The van der Waals surface area contributed by atoms with Gasteiger partial charge in [-0.25, -0.2) is 0 Å². The van der Waals surface area contributed by atoms with Gasteiger partial charge in [0.05, 0.1) is 5.69 Å². The molecule has 1 aromatic rings. The summed E-state index contributed by atoms with van der Waals surface area (Å²) in [5.41, 5.74) is 6.65. The first-order valence-corrected chi connectivity index (χ1v) is 4.18. The van der Waals surface area contributed by atoms with Crippen molar-refractivity contribution in [3.8, 4) is 0 Å². The van der Waals surface area contributed by atoms with Crippen LogP contribution in [-0.2, 0) is 0 Å². The summed E-state index contributed by atoms with van der Waals surface area (Å²) in [5.74, 6) is 0.447. The summed E-state index contributed by atoms with van der Waals surface area (Å²) in [6.45, 7) is 4.23. The van der Waals surface area contributed by atoms with Crippen molar-refractivity contribution in [3.63, 3.8) is 0 Å². The molecule has 1 heterocycles. The topological polar surface area (TPSA) is 24.4 Å². The molecular formula is C10H12N2. The summed E-state index contributed by atoms with van der Waals surface area (Å²) in [7, 11) is 0. The molecular weight excluding hydrogens is 148 g/mol. The smallest absolute Gasteiger partial charge is 0.0600 e. The number of para-hydroxylation sites is 1. The third-order valence-electron chi connectivity index (χ3n) is 2.41. The van der Waals surface area contributed by atoms with Gasteiger partial charge in [-0.2, -0.15) is 5.10 Å². The van der Waals surface area contributed by atoms with Crippen LogP contribution in [0, 0.1) is 0 Å². The van der Waals surface area contributed by atoms with E-state index in [0.717, 1.165) is 11.4 Å². The molecule has 0 saturated heterocycles. The molecule has 0 fully saturated rings. The summed E-state index contributed by atoms with van der Waals surface area (Å²) < 4.78 is 0. The van der Waals surface area contributed by atoms with Crippen LogP contribution in [0.15, 0.2) is 29.4 Å². The van der Waals surface area contributed by atoms with Gasteiger partial charge < -0.3 is 0 Å². The predicted molar refractivity (Wildman–Crippen MR) is 51.6 cm³/mol. The molecule has 2 rings (SSSR count). The maximum Gasteiger partial charge on any atom is 0.0600 e. The average Bonchev–Trinajstić information content (AvgIpc) is 2.12. The SMILES string of the molecule is CC1=NNc2ccccc2C1C. The van der Waals surface area contributed by atoms with Crippen LogP contribution < -0.4 is 5.43 Å². The second-order valence-corrected chi connectivity index (χ2v) is 3.17. The number of anilines is 1. The molecule has 1 aliphatic rings. The zero-order valence-electron chi connectivity index (χ0n) is 7.33. The van der Waals surface area contributed by atoms with Crippen LogP contribution in [-0.4, -0.2) is 5.71 Å². The molecule has 0 aromatic heterocycles. The highest BCUT2D eigenvalue weighted by atomic mass is 15.3. The fourth-order valence-corrected chi connectivity index (χ4v) is 1.45. The lowest BCUT2D eigenvalue weighted by molar-refractivity contribution is 0.974. The lowest BCUT2D eigenvalue weighted by atomic mass is 9.94. The summed E-state index contributed by atoms with van der Waals surface area (Å²) >= 11 is 0. The zero-order chi connectivity index (χ0) is 8.55. The van der Waals surface area contributed by atoms with Gasteiger partial charge in [0.15, 0.2) is 0 Å². The van der Waals surface area contributed by atoms with Crippen molar-refractivity contribution in [1.82, 2.24) is 0 Å². The fourth-order valence-electron chi connectivity index (χ4n) is 1.45. The molecule has 1 N–H and O–H groups in total. The molecule has 2 nitrogen and oxygen atoms in total. The number of fused-ring (bicyclic) bond motifs is 1. The van der Waals surface area contributed by atoms with Crippen LogP contribution >= 0.6 is 0 Å². The molecule has 12 heavy (non-hydrogen) atoms. The van der Waals surface area contributed by atoms with E-state index in [4.69, 9.17) is 0 Å². The second kappa shape index (κ2) is 2.63. The third-order valence-corrected chi connectivity index (χ3v) is 2.41. The van der Waals surface area contributed by atoms with Crippen molar-refractivity contribution >= 4 is 11.4 Å². The molecule has 2 heteroatoms. The highest BCUT2D eigenvalue weighted by Crippen LogP contribution is 2.28.